The summed E-state index contributed by atoms with van der Waals surface area (Å²) in [7, 11) is 0. The molecule has 0 amide bonds. The smallest absolute Gasteiger partial charge is 0.337 e. The van der Waals surface area contributed by atoms with Crippen molar-refractivity contribution in [3.8, 4) is 0 Å². The number of nitrogens with zero attached hydrogens (tertiary/aromatic N) is 1. The van der Waals surface area contributed by atoms with Gasteiger partial charge in [-0.05, 0) is 25.1 Å². The van der Waals surface area contributed by atoms with Crippen molar-refractivity contribution in [2.24, 2.45) is 0 Å². The van der Waals surface area contributed by atoms with Gasteiger partial charge >= 0.3 is 5.97 Å². The molecule has 2 aromatic rings. The Bertz CT molecular complexity index is 574. The Labute approximate surface area is 96.9 Å². The fourth-order valence-electron chi connectivity index (χ4n) is 1.72. The summed E-state index contributed by atoms with van der Waals surface area (Å²) in [5.74, 6) is -1.67. The minimum absolute atomic E-state index is 0.130. The van der Waals surface area contributed by atoms with Crippen molar-refractivity contribution < 1.29 is 19.4 Å². The number of aliphatic hydroxyl groups is 1. The van der Waals surface area contributed by atoms with Gasteiger partial charge in [0, 0.05) is 11.6 Å². The van der Waals surface area contributed by atoms with E-state index in [2.05, 4.69) is 0 Å². The summed E-state index contributed by atoms with van der Waals surface area (Å²) < 4.78 is 14.9. The van der Waals surface area contributed by atoms with Gasteiger partial charge in [-0.2, -0.15) is 0 Å². The van der Waals surface area contributed by atoms with Gasteiger partial charge in [0.15, 0.2) is 5.60 Å². The minimum Gasteiger partial charge on any atom is -0.479 e. The van der Waals surface area contributed by atoms with Crippen LogP contribution in [-0.2, 0) is 11.3 Å². The monoisotopic (exact) mass is 237 g/mol. The molecule has 0 saturated carbocycles. The third kappa shape index (κ3) is 2.01. The van der Waals surface area contributed by atoms with E-state index < -0.39 is 11.6 Å². The lowest BCUT2D eigenvalue weighted by atomic mass is 10.1. The maximum Gasteiger partial charge on any atom is 0.337 e. The molecule has 90 valence electrons. The maximum atomic E-state index is 13.4. The van der Waals surface area contributed by atoms with Crippen LogP contribution in [0.2, 0.25) is 0 Å². The lowest BCUT2D eigenvalue weighted by Gasteiger charge is -2.19. The quantitative estimate of drug-likeness (QED) is 0.852. The zero-order valence-corrected chi connectivity index (χ0v) is 9.22. The number of rotatable bonds is 3. The van der Waals surface area contributed by atoms with Crippen LogP contribution in [-0.4, -0.2) is 26.4 Å². The van der Waals surface area contributed by atoms with Crippen molar-refractivity contribution in [3.63, 3.8) is 0 Å². The highest BCUT2D eigenvalue weighted by Gasteiger charge is 2.30. The van der Waals surface area contributed by atoms with E-state index in [4.69, 9.17) is 5.11 Å². The molecule has 17 heavy (non-hydrogen) atoms. The molecule has 0 aliphatic heterocycles. The van der Waals surface area contributed by atoms with Crippen LogP contribution in [0.3, 0.4) is 0 Å². The zero-order chi connectivity index (χ0) is 12.6. The molecular weight excluding hydrogens is 225 g/mol. The zero-order valence-electron chi connectivity index (χ0n) is 9.22. The standard InChI is InChI=1S/C12H12FNO3/c1-12(17,11(15)16)7-14-6-5-8-9(13)3-2-4-10(8)14/h2-6,17H,7H2,1H3,(H,15,16). The number of hydrogen-bond acceptors (Lipinski definition) is 2. The van der Waals surface area contributed by atoms with Gasteiger partial charge in [0.1, 0.15) is 5.82 Å². The highest BCUT2D eigenvalue weighted by atomic mass is 19.1. The third-order valence-electron chi connectivity index (χ3n) is 2.70. The molecule has 5 heteroatoms. The molecule has 2 rings (SSSR count). The number of carbonyl (C=O) groups is 1. The molecular formula is C12H12FNO3. The number of aromatic nitrogens is 1. The minimum atomic E-state index is -1.88. The average molecular weight is 237 g/mol. The van der Waals surface area contributed by atoms with E-state index in [1.807, 2.05) is 0 Å². The summed E-state index contributed by atoms with van der Waals surface area (Å²) in [4.78, 5) is 10.8. The summed E-state index contributed by atoms with van der Waals surface area (Å²) in [5, 5.41) is 18.9. The van der Waals surface area contributed by atoms with Gasteiger partial charge in [-0.15, -0.1) is 0 Å². The summed E-state index contributed by atoms with van der Waals surface area (Å²) >= 11 is 0. The van der Waals surface area contributed by atoms with Crippen molar-refractivity contribution in [1.29, 1.82) is 0 Å². The molecule has 1 heterocycles. The first-order valence-corrected chi connectivity index (χ1v) is 5.11. The van der Waals surface area contributed by atoms with E-state index in [0.29, 0.717) is 10.9 Å². The molecule has 0 spiro atoms. The van der Waals surface area contributed by atoms with Crippen LogP contribution in [0.25, 0.3) is 10.9 Å². The van der Waals surface area contributed by atoms with E-state index in [-0.39, 0.29) is 12.4 Å². The number of benzene rings is 1. The molecule has 1 aromatic carbocycles. The van der Waals surface area contributed by atoms with Crippen LogP contribution in [0.1, 0.15) is 6.92 Å². The SMILES string of the molecule is CC(O)(Cn1ccc2c(F)cccc21)C(=O)O. The summed E-state index contributed by atoms with van der Waals surface area (Å²) in [6, 6.07) is 6.12. The third-order valence-corrected chi connectivity index (χ3v) is 2.70. The van der Waals surface area contributed by atoms with E-state index in [1.165, 1.54) is 17.6 Å². The average Bonchev–Trinajstić information content (AvgIpc) is 2.62. The van der Waals surface area contributed by atoms with Crippen molar-refractivity contribution in [2.45, 2.75) is 19.1 Å². The predicted molar refractivity (Wildman–Crippen MR) is 60.2 cm³/mol. The second-order valence-corrected chi connectivity index (χ2v) is 4.20. The fraction of sp³-hybridized carbons (Fsp3) is 0.250. The van der Waals surface area contributed by atoms with Crippen LogP contribution < -0.4 is 0 Å². The van der Waals surface area contributed by atoms with E-state index in [1.54, 1.807) is 24.4 Å². The second-order valence-electron chi connectivity index (χ2n) is 4.20. The summed E-state index contributed by atoms with van der Waals surface area (Å²) in [6.45, 7) is 1.08. The number of halogens is 1. The van der Waals surface area contributed by atoms with Crippen LogP contribution in [0.5, 0.6) is 0 Å². The number of fused-ring (bicyclic) bond motifs is 1. The lowest BCUT2D eigenvalue weighted by Crippen LogP contribution is -2.39. The van der Waals surface area contributed by atoms with Crippen molar-refractivity contribution in [3.05, 3.63) is 36.3 Å². The van der Waals surface area contributed by atoms with E-state index in [0.717, 1.165) is 0 Å². The fourth-order valence-corrected chi connectivity index (χ4v) is 1.72. The Kier molecular flexibility index (Phi) is 2.63. The van der Waals surface area contributed by atoms with E-state index in [9.17, 15) is 14.3 Å². The largest absolute Gasteiger partial charge is 0.479 e. The predicted octanol–water partition coefficient (Wildman–Crippen LogP) is 1.62. The van der Waals surface area contributed by atoms with Crippen molar-refractivity contribution >= 4 is 16.9 Å². The van der Waals surface area contributed by atoms with Gasteiger partial charge in [-0.1, -0.05) is 6.07 Å². The van der Waals surface area contributed by atoms with Crippen LogP contribution in [0.4, 0.5) is 4.39 Å². The normalized spacial score (nSPS) is 14.8. The molecule has 1 unspecified atom stereocenters. The second kappa shape index (κ2) is 3.85. The lowest BCUT2D eigenvalue weighted by molar-refractivity contribution is -0.157. The summed E-state index contributed by atoms with van der Waals surface area (Å²) in [5.41, 5.74) is -1.32. The van der Waals surface area contributed by atoms with Gasteiger partial charge in [0.25, 0.3) is 0 Å². The molecule has 0 saturated heterocycles. The number of aliphatic carboxylic acids is 1. The molecule has 0 aliphatic rings. The Balaban J connectivity index is 2.44. The van der Waals surface area contributed by atoms with Crippen LogP contribution >= 0.6 is 0 Å². The highest BCUT2D eigenvalue weighted by molar-refractivity contribution is 5.81. The van der Waals surface area contributed by atoms with Crippen LogP contribution in [0, 0.1) is 5.82 Å². The van der Waals surface area contributed by atoms with Gasteiger partial charge in [0.2, 0.25) is 0 Å². The molecule has 0 fully saturated rings. The Morgan fingerprint density at radius 3 is 2.82 bits per heavy atom. The number of hydrogen-bond donors (Lipinski definition) is 2. The Morgan fingerprint density at radius 1 is 1.47 bits per heavy atom. The van der Waals surface area contributed by atoms with Crippen molar-refractivity contribution in [2.75, 3.05) is 0 Å². The first-order valence-electron chi connectivity index (χ1n) is 5.11. The first-order chi connectivity index (χ1) is 7.92. The first kappa shape index (κ1) is 11.6. The Morgan fingerprint density at radius 2 is 2.18 bits per heavy atom. The van der Waals surface area contributed by atoms with E-state index >= 15 is 0 Å². The molecule has 0 aliphatic carbocycles. The number of carboxylic acids is 1. The molecule has 2 N–H and O–H groups in total. The maximum absolute atomic E-state index is 13.4. The highest BCUT2D eigenvalue weighted by Crippen LogP contribution is 2.21. The molecule has 4 nitrogen and oxygen atoms in total. The summed E-state index contributed by atoms with van der Waals surface area (Å²) in [6.07, 6.45) is 1.56. The van der Waals surface area contributed by atoms with Gasteiger partial charge in [-0.3, -0.25) is 0 Å². The van der Waals surface area contributed by atoms with Crippen LogP contribution in [0.15, 0.2) is 30.5 Å². The molecule has 1 atom stereocenters. The molecule has 0 radical (unpaired) electrons. The topological polar surface area (TPSA) is 62.5 Å². The molecule has 0 bridgehead atoms. The number of carboxylic acid groups (broad SMARTS) is 1. The van der Waals surface area contributed by atoms with Gasteiger partial charge < -0.3 is 14.8 Å². The van der Waals surface area contributed by atoms with Gasteiger partial charge in [0.05, 0.1) is 12.1 Å². The Hall–Kier alpha value is -1.88. The van der Waals surface area contributed by atoms with Crippen molar-refractivity contribution in [1.82, 2.24) is 4.57 Å². The molecule has 1 aromatic heterocycles. The van der Waals surface area contributed by atoms with Gasteiger partial charge in [-0.25, -0.2) is 9.18 Å².